The third kappa shape index (κ3) is 2.63. The molecule has 1 rings (SSSR count). The predicted octanol–water partition coefficient (Wildman–Crippen LogP) is 2.70. The van der Waals surface area contributed by atoms with Crippen molar-refractivity contribution in [2.75, 3.05) is 0 Å². The summed E-state index contributed by atoms with van der Waals surface area (Å²) < 4.78 is 0. The monoisotopic (exact) mass is 208 g/mol. The summed E-state index contributed by atoms with van der Waals surface area (Å²) in [7, 11) is 0. The van der Waals surface area contributed by atoms with Crippen LogP contribution in [0.3, 0.4) is 0 Å². The Morgan fingerprint density at radius 2 is 2.13 bits per heavy atom. The molecule has 1 aliphatic rings. The Labute approximate surface area is 93.4 Å². The molecule has 1 unspecified atom stereocenters. The highest BCUT2D eigenvalue weighted by atomic mass is 14.8. The molecular formula is C13H24N2. The van der Waals surface area contributed by atoms with Gasteiger partial charge >= 0.3 is 0 Å². The molecule has 2 heteroatoms. The number of rotatable bonds is 4. The van der Waals surface area contributed by atoms with E-state index in [0.717, 1.165) is 18.5 Å². The van der Waals surface area contributed by atoms with E-state index in [9.17, 15) is 0 Å². The maximum atomic E-state index is 6.45. The van der Waals surface area contributed by atoms with Crippen molar-refractivity contribution in [3.8, 4) is 0 Å². The van der Waals surface area contributed by atoms with Crippen LogP contribution in [-0.2, 0) is 0 Å². The fourth-order valence-corrected chi connectivity index (χ4v) is 2.02. The van der Waals surface area contributed by atoms with Gasteiger partial charge in [-0.05, 0) is 24.3 Å². The van der Waals surface area contributed by atoms with E-state index in [2.05, 4.69) is 26.8 Å². The van der Waals surface area contributed by atoms with Crippen molar-refractivity contribution >= 4 is 0 Å². The number of nitrogens with two attached hydrogens (primary N) is 2. The van der Waals surface area contributed by atoms with Crippen LogP contribution in [-0.4, -0.2) is 5.54 Å². The topological polar surface area (TPSA) is 52.0 Å². The molecule has 0 aromatic carbocycles. The molecule has 4 N–H and O–H groups in total. The minimum absolute atomic E-state index is 0.136. The zero-order valence-corrected chi connectivity index (χ0v) is 10.2. The molecule has 0 saturated heterocycles. The quantitative estimate of drug-likeness (QED) is 0.746. The Morgan fingerprint density at radius 1 is 1.47 bits per heavy atom. The number of hydrogen-bond donors (Lipinski definition) is 2. The van der Waals surface area contributed by atoms with E-state index in [1.54, 1.807) is 0 Å². The minimum Gasteiger partial charge on any atom is -0.399 e. The summed E-state index contributed by atoms with van der Waals surface area (Å²) >= 11 is 0. The summed E-state index contributed by atoms with van der Waals surface area (Å²) in [5.74, 6) is 0. The zero-order valence-electron chi connectivity index (χ0n) is 10.2. The largest absolute Gasteiger partial charge is 0.399 e. The van der Waals surface area contributed by atoms with Crippen molar-refractivity contribution in [1.82, 2.24) is 0 Å². The molecule has 0 fully saturated rings. The lowest BCUT2D eigenvalue weighted by molar-refractivity contribution is 0.190. The maximum absolute atomic E-state index is 6.45. The highest BCUT2D eigenvalue weighted by Gasteiger charge is 2.39. The molecule has 0 spiro atoms. The predicted molar refractivity (Wildman–Crippen MR) is 66.3 cm³/mol. The van der Waals surface area contributed by atoms with E-state index in [1.807, 2.05) is 12.2 Å². The molecule has 0 aromatic heterocycles. The van der Waals surface area contributed by atoms with Crippen molar-refractivity contribution in [2.45, 2.75) is 52.0 Å². The Bertz CT molecular complexity index is 276. The lowest BCUT2D eigenvalue weighted by Gasteiger charge is -2.43. The Morgan fingerprint density at radius 3 is 2.60 bits per heavy atom. The summed E-state index contributed by atoms with van der Waals surface area (Å²) in [6.45, 7) is 6.72. The molecule has 15 heavy (non-hydrogen) atoms. The Hall–Kier alpha value is -0.760. The van der Waals surface area contributed by atoms with Crippen LogP contribution in [0.5, 0.6) is 0 Å². The zero-order chi connectivity index (χ0) is 11.5. The smallest absolute Gasteiger partial charge is 0.0430 e. The highest BCUT2D eigenvalue weighted by molar-refractivity contribution is 5.29. The molecule has 0 aromatic rings. The van der Waals surface area contributed by atoms with E-state index in [-0.39, 0.29) is 11.0 Å². The lowest BCUT2D eigenvalue weighted by Crippen LogP contribution is -2.51. The van der Waals surface area contributed by atoms with E-state index >= 15 is 0 Å². The van der Waals surface area contributed by atoms with E-state index in [4.69, 9.17) is 11.5 Å². The molecule has 0 amide bonds. The van der Waals surface area contributed by atoms with E-state index < -0.39 is 0 Å². The number of unbranched alkanes of at least 4 members (excludes halogenated alkanes) is 1. The third-order valence-electron chi connectivity index (χ3n) is 3.66. The molecule has 0 radical (unpaired) electrons. The summed E-state index contributed by atoms with van der Waals surface area (Å²) in [6, 6.07) is 0. The van der Waals surface area contributed by atoms with Gasteiger partial charge in [0.2, 0.25) is 0 Å². The lowest BCUT2D eigenvalue weighted by atomic mass is 9.67. The molecule has 86 valence electrons. The van der Waals surface area contributed by atoms with Gasteiger partial charge in [0.1, 0.15) is 0 Å². The average Bonchev–Trinajstić information content (AvgIpc) is 2.19. The van der Waals surface area contributed by atoms with Crippen molar-refractivity contribution in [3.63, 3.8) is 0 Å². The average molecular weight is 208 g/mol. The summed E-state index contributed by atoms with van der Waals surface area (Å²) in [5, 5.41) is 0. The van der Waals surface area contributed by atoms with Crippen LogP contribution in [0.1, 0.15) is 46.5 Å². The second kappa shape index (κ2) is 4.40. The number of hydrogen-bond acceptors (Lipinski definition) is 2. The van der Waals surface area contributed by atoms with Gasteiger partial charge in [-0.3, -0.25) is 0 Å². The molecular weight excluding hydrogens is 184 g/mol. The van der Waals surface area contributed by atoms with Gasteiger partial charge in [-0.1, -0.05) is 45.8 Å². The van der Waals surface area contributed by atoms with Gasteiger partial charge < -0.3 is 11.5 Å². The summed E-state index contributed by atoms with van der Waals surface area (Å²) in [4.78, 5) is 0. The van der Waals surface area contributed by atoms with E-state index in [1.165, 1.54) is 12.8 Å². The van der Waals surface area contributed by atoms with Crippen molar-refractivity contribution in [3.05, 3.63) is 23.9 Å². The minimum atomic E-state index is -0.231. The van der Waals surface area contributed by atoms with Gasteiger partial charge in [0.05, 0.1) is 0 Å². The number of allylic oxidation sites excluding steroid dienone is 1. The molecule has 0 aliphatic heterocycles. The van der Waals surface area contributed by atoms with Gasteiger partial charge in [0.15, 0.2) is 0 Å². The van der Waals surface area contributed by atoms with Crippen molar-refractivity contribution in [2.24, 2.45) is 16.9 Å². The molecule has 0 heterocycles. The van der Waals surface area contributed by atoms with Crippen LogP contribution in [0.2, 0.25) is 0 Å². The van der Waals surface area contributed by atoms with Gasteiger partial charge in [-0.2, -0.15) is 0 Å². The second-order valence-electron chi connectivity index (χ2n) is 5.27. The first-order chi connectivity index (χ1) is 6.91. The van der Waals surface area contributed by atoms with Crippen LogP contribution < -0.4 is 11.5 Å². The second-order valence-corrected chi connectivity index (χ2v) is 5.27. The fraction of sp³-hybridized carbons (Fsp3) is 0.692. The van der Waals surface area contributed by atoms with Gasteiger partial charge in [-0.25, -0.2) is 0 Å². The SMILES string of the molecule is CCCCC(C)(C)C1(N)C=CC(N)=CC1. The van der Waals surface area contributed by atoms with Crippen molar-refractivity contribution < 1.29 is 0 Å². The van der Waals surface area contributed by atoms with Gasteiger partial charge in [0, 0.05) is 11.2 Å². The molecule has 1 aliphatic carbocycles. The third-order valence-corrected chi connectivity index (χ3v) is 3.66. The first-order valence-electron chi connectivity index (χ1n) is 5.85. The summed E-state index contributed by atoms with van der Waals surface area (Å²) in [5.41, 5.74) is 12.9. The molecule has 0 saturated carbocycles. The molecule has 1 atom stereocenters. The van der Waals surface area contributed by atoms with Crippen LogP contribution in [0.4, 0.5) is 0 Å². The highest BCUT2D eigenvalue weighted by Crippen LogP contribution is 2.39. The first kappa shape index (κ1) is 12.3. The standard InChI is InChI=1S/C13H24N2/c1-4-5-8-12(2,3)13(15)9-6-11(14)7-10-13/h6-7,9H,4-5,8,10,14-15H2,1-3H3. The van der Waals surface area contributed by atoms with Gasteiger partial charge in [-0.15, -0.1) is 0 Å². The normalized spacial score (nSPS) is 26.5. The molecule has 2 nitrogen and oxygen atoms in total. The maximum Gasteiger partial charge on any atom is 0.0430 e. The van der Waals surface area contributed by atoms with Crippen LogP contribution in [0.25, 0.3) is 0 Å². The van der Waals surface area contributed by atoms with E-state index in [0.29, 0.717) is 0 Å². The van der Waals surface area contributed by atoms with Crippen LogP contribution in [0.15, 0.2) is 23.9 Å². The summed E-state index contributed by atoms with van der Waals surface area (Å²) in [6.07, 6.45) is 10.5. The first-order valence-corrected chi connectivity index (χ1v) is 5.85. The van der Waals surface area contributed by atoms with Crippen LogP contribution >= 0.6 is 0 Å². The van der Waals surface area contributed by atoms with Gasteiger partial charge in [0.25, 0.3) is 0 Å². The van der Waals surface area contributed by atoms with Crippen molar-refractivity contribution in [1.29, 1.82) is 0 Å². The van der Waals surface area contributed by atoms with Crippen LogP contribution in [0, 0.1) is 5.41 Å². The Kier molecular flexibility index (Phi) is 3.61. The molecule has 0 bridgehead atoms. The fourth-order valence-electron chi connectivity index (χ4n) is 2.02. The Balaban J connectivity index is 2.74.